The number of nitrogens with zero attached hydrogens (tertiary/aromatic N) is 4. The molecule has 166 valence electrons. The van der Waals surface area contributed by atoms with Crippen LogP contribution in [0.3, 0.4) is 0 Å². The molecule has 1 fully saturated rings. The Labute approximate surface area is 182 Å². The van der Waals surface area contributed by atoms with Crippen LogP contribution in [0, 0.1) is 5.92 Å². The number of benzene rings is 1. The minimum Gasteiger partial charge on any atom is -0.497 e. The van der Waals surface area contributed by atoms with Gasteiger partial charge in [-0.2, -0.15) is 0 Å². The molecule has 0 amide bonds. The molecule has 1 aliphatic heterocycles. The van der Waals surface area contributed by atoms with Gasteiger partial charge >= 0.3 is 0 Å². The van der Waals surface area contributed by atoms with Crippen molar-refractivity contribution in [2.75, 3.05) is 20.2 Å². The van der Waals surface area contributed by atoms with Gasteiger partial charge in [0, 0.05) is 16.8 Å². The number of rotatable bonds is 6. The predicted octanol–water partition coefficient (Wildman–Crippen LogP) is 2.07. The predicted molar refractivity (Wildman–Crippen MR) is 119 cm³/mol. The maximum absolute atomic E-state index is 13.3. The molecule has 3 aromatic rings. The van der Waals surface area contributed by atoms with Crippen molar-refractivity contribution in [3.05, 3.63) is 46.0 Å². The first-order chi connectivity index (χ1) is 14.8. The Hall–Kier alpha value is -2.74. The molecule has 4 rings (SSSR count). The fraction of sp³-hybridized carbons (Fsp3) is 0.565. The number of pyridine rings is 1. The van der Waals surface area contributed by atoms with Gasteiger partial charge in [0.15, 0.2) is 6.04 Å². The van der Waals surface area contributed by atoms with Crippen molar-refractivity contribution in [3.8, 4) is 5.75 Å². The molecule has 3 heterocycles. The quantitative estimate of drug-likeness (QED) is 0.631. The molecule has 8 nitrogen and oxygen atoms in total. The van der Waals surface area contributed by atoms with E-state index in [1.165, 1.54) is 11.3 Å². The van der Waals surface area contributed by atoms with E-state index in [0.717, 1.165) is 48.4 Å². The number of methoxy groups -OCH3 is 1. The normalized spacial score (nSPS) is 20.7. The van der Waals surface area contributed by atoms with Crippen LogP contribution in [0.5, 0.6) is 5.75 Å². The summed E-state index contributed by atoms with van der Waals surface area (Å²) in [7, 11) is 1.65. The maximum atomic E-state index is 13.3. The molecule has 0 bridgehead atoms. The van der Waals surface area contributed by atoms with E-state index in [1.54, 1.807) is 7.11 Å². The van der Waals surface area contributed by atoms with Crippen LogP contribution in [-0.2, 0) is 5.54 Å². The lowest BCUT2D eigenvalue weighted by molar-refractivity contribution is -0.934. The first-order valence-electron chi connectivity index (χ1n) is 11.2. The van der Waals surface area contributed by atoms with Gasteiger partial charge in [0.1, 0.15) is 5.75 Å². The number of likely N-dealkylation sites (tertiary alicyclic amines) is 1. The van der Waals surface area contributed by atoms with Gasteiger partial charge in [-0.3, -0.25) is 4.79 Å². The van der Waals surface area contributed by atoms with E-state index in [2.05, 4.69) is 48.2 Å². The number of quaternary nitrogens is 1. The molecule has 1 saturated heterocycles. The summed E-state index contributed by atoms with van der Waals surface area (Å²) in [6.45, 7) is 10.7. The summed E-state index contributed by atoms with van der Waals surface area (Å²) in [6.07, 6.45) is 3.23. The average molecular weight is 426 g/mol. The van der Waals surface area contributed by atoms with Crippen LogP contribution in [0.15, 0.2) is 29.1 Å². The fourth-order valence-electron chi connectivity index (χ4n) is 4.63. The van der Waals surface area contributed by atoms with Crippen molar-refractivity contribution in [3.63, 3.8) is 0 Å². The van der Waals surface area contributed by atoms with Crippen molar-refractivity contribution in [2.45, 2.75) is 58.5 Å². The number of ether oxygens (including phenoxy) is 1. The van der Waals surface area contributed by atoms with Gasteiger partial charge in [0.25, 0.3) is 5.56 Å². The second kappa shape index (κ2) is 8.42. The van der Waals surface area contributed by atoms with Crippen LogP contribution in [0.1, 0.15) is 64.4 Å². The van der Waals surface area contributed by atoms with Crippen molar-refractivity contribution in [2.24, 2.45) is 5.92 Å². The van der Waals surface area contributed by atoms with Gasteiger partial charge in [-0.25, -0.2) is 4.68 Å². The highest BCUT2D eigenvalue weighted by Gasteiger charge is 2.38. The Bertz CT molecular complexity index is 1120. The highest BCUT2D eigenvalue weighted by molar-refractivity contribution is 5.80. The Kier molecular flexibility index (Phi) is 5.83. The largest absolute Gasteiger partial charge is 0.497 e. The fourth-order valence-corrected chi connectivity index (χ4v) is 4.63. The molecule has 0 saturated carbocycles. The molecular formula is C23H33N6O2+. The summed E-state index contributed by atoms with van der Waals surface area (Å²) in [5.41, 5.74) is 1.17. The summed E-state index contributed by atoms with van der Waals surface area (Å²) < 4.78 is 7.32. The smallest absolute Gasteiger partial charge is 0.258 e. The molecule has 2 aromatic heterocycles. The van der Waals surface area contributed by atoms with Crippen LogP contribution in [0.4, 0.5) is 0 Å². The third kappa shape index (κ3) is 4.08. The van der Waals surface area contributed by atoms with Crippen LogP contribution in [0.2, 0.25) is 0 Å². The lowest BCUT2D eigenvalue weighted by Gasteiger charge is -2.35. The van der Waals surface area contributed by atoms with E-state index in [0.29, 0.717) is 11.5 Å². The highest BCUT2D eigenvalue weighted by atomic mass is 16.5. The second-order valence-corrected chi connectivity index (χ2v) is 9.41. The average Bonchev–Trinajstić information content (AvgIpc) is 3.24. The summed E-state index contributed by atoms with van der Waals surface area (Å²) in [5, 5.41) is 13.8. The number of fused-ring (bicyclic) bond motifs is 1. The molecule has 8 heteroatoms. The molecule has 0 spiro atoms. The SMILES string of the molecule is CCC(C)(C)n1nnnc1[C@@H](c1cc2cc(OC)ccc2[nH]c1=O)[NH+]1CCC[C@H](C)C1. The number of aromatic amines is 1. The highest BCUT2D eigenvalue weighted by Crippen LogP contribution is 2.26. The van der Waals surface area contributed by atoms with Gasteiger partial charge in [-0.1, -0.05) is 13.8 Å². The molecule has 31 heavy (non-hydrogen) atoms. The molecule has 1 unspecified atom stereocenters. The zero-order chi connectivity index (χ0) is 22.2. The lowest BCUT2D eigenvalue weighted by atomic mass is 9.94. The Morgan fingerprint density at radius 1 is 1.35 bits per heavy atom. The Morgan fingerprint density at radius 3 is 2.87 bits per heavy atom. The minimum atomic E-state index is -0.245. The maximum Gasteiger partial charge on any atom is 0.258 e. The van der Waals surface area contributed by atoms with Crippen molar-refractivity contribution >= 4 is 10.9 Å². The monoisotopic (exact) mass is 425 g/mol. The number of aromatic nitrogens is 5. The van der Waals surface area contributed by atoms with Gasteiger partial charge in [-0.05, 0) is 67.8 Å². The van der Waals surface area contributed by atoms with Crippen molar-refractivity contribution < 1.29 is 9.64 Å². The zero-order valence-corrected chi connectivity index (χ0v) is 19.1. The summed E-state index contributed by atoms with van der Waals surface area (Å²) in [5.74, 6) is 2.11. The van der Waals surface area contributed by atoms with E-state index >= 15 is 0 Å². The molecule has 2 N–H and O–H groups in total. The first kappa shape index (κ1) is 21.5. The van der Waals surface area contributed by atoms with E-state index in [4.69, 9.17) is 4.74 Å². The number of tetrazole rings is 1. The van der Waals surface area contributed by atoms with Gasteiger partial charge in [-0.15, -0.1) is 5.10 Å². The molecule has 0 aliphatic carbocycles. The van der Waals surface area contributed by atoms with Crippen molar-refractivity contribution in [1.82, 2.24) is 25.2 Å². The van der Waals surface area contributed by atoms with Crippen LogP contribution < -0.4 is 15.2 Å². The summed E-state index contributed by atoms with van der Waals surface area (Å²) in [4.78, 5) is 17.7. The molecular weight excluding hydrogens is 392 g/mol. The van der Waals surface area contributed by atoms with E-state index < -0.39 is 0 Å². The van der Waals surface area contributed by atoms with Gasteiger partial charge in [0.05, 0.1) is 31.3 Å². The molecule has 1 aliphatic rings. The summed E-state index contributed by atoms with van der Waals surface area (Å²) >= 11 is 0. The number of H-pyrrole nitrogens is 1. The van der Waals surface area contributed by atoms with E-state index in [-0.39, 0.29) is 17.1 Å². The van der Waals surface area contributed by atoms with Gasteiger partial charge < -0.3 is 14.6 Å². The number of piperidine rings is 1. The number of hydrogen-bond donors (Lipinski definition) is 2. The lowest BCUT2D eigenvalue weighted by Crippen LogP contribution is -3.14. The number of nitrogens with one attached hydrogen (secondary N) is 2. The van der Waals surface area contributed by atoms with E-state index in [1.807, 2.05) is 28.9 Å². The molecule has 1 aromatic carbocycles. The number of hydrogen-bond acceptors (Lipinski definition) is 5. The summed E-state index contributed by atoms with van der Waals surface area (Å²) in [6, 6.07) is 7.46. The zero-order valence-electron chi connectivity index (χ0n) is 19.1. The minimum absolute atomic E-state index is 0.0859. The van der Waals surface area contributed by atoms with Crippen LogP contribution in [0.25, 0.3) is 10.9 Å². The van der Waals surface area contributed by atoms with E-state index in [9.17, 15) is 4.79 Å². The third-order valence-corrected chi connectivity index (χ3v) is 6.80. The second-order valence-electron chi connectivity index (χ2n) is 9.41. The topological polar surface area (TPSA) is 90.1 Å². The Balaban J connectivity index is 1.91. The Morgan fingerprint density at radius 2 is 2.16 bits per heavy atom. The molecule has 0 radical (unpaired) electrons. The van der Waals surface area contributed by atoms with Gasteiger partial charge in [0.2, 0.25) is 5.82 Å². The first-order valence-corrected chi connectivity index (χ1v) is 11.2. The third-order valence-electron chi connectivity index (χ3n) is 6.80. The van der Waals surface area contributed by atoms with Crippen LogP contribution in [-0.4, -0.2) is 45.4 Å². The molecule has 3 atom stereocenters. The standard InChI is InChI=1S/C23H32N6O2/c1-6-23(3,4)29-21(25-26-27-29)20(28-11-7-8-15(2)14-28)18-13-16-12-17(31-5)9-10-19(16)24-22(18)30/h9-10,12-13,15,20H,6-8,11,14H2,1-5H3,(H,24,30)/p+1/t15-,20+/m0/s1. The van der Waals surface area contributed by atoms with Crippen molar-refractivity contribution in [1.29, 1.82) is 0 Å². The van der Waals surface area contributed by atoms with Crippen LogP contribution >= 0.6 is 0 Å².